The number of aliphatic imine (C=N–C) groups is 1. The van der Waals surface area contributed by atoms with Crippen LogP contribution in [0.15, 0.2) is 4.99 Å². The van der Waals surface area contributed by atoms with Gasteiger partial charge in [-0.2, -0.15) is 0 Å². The second-order valence-electron chi connectivity index (χ2n) is 8.21. The number of carbonyl (C=O) groups excluding carboxylic acids is 1. The summed E-state index contributed by atoms with van der Waals surface area (Å²) >= 11 is 0. The summed E-state index contributed by atoms with van der Waals surface area (Å²) in [4.78, 5) is 18.2. The molecule has 0 bridgehead atoms. The highest BCUT2D eigenvalue weighted by Gasteiger charge is 2.53. The maximum absolute atomic E-state index is 11.4. The molecule has 28 heavy (non-hydrogen) atoms. The quantitative estimate of drug-likeness (QED) is 0.298. The Kier molecular flexibility index (Phi) is 9.02. The third-order valence-electron chi connectivity index (χ3n) is 6.86. The van der Waals surface area contributed by atoms with Gasteiger partial charge in [0.05, 0.1) is 12.0 Å². The van der Waals surface area contributed by atoms with Gasteiger partial charge in [-0.05, 0) is 58.5 Å². The minimum atomic E-state index is -0.159. The highest BCUT2D eigenvalue weighted by Crippen LogP contribution is 2.48. The molecule has 2 rings (SSSR count). The van der Waals surface area contributed by atoms with E-state index in [0.29, 0.717) is 12.1 Å². The fraction of sp³-hybridized carbons (Fsp3) is 0.905. The van der Waals surface area contributed by atoms with E-state index in [1.54, 1.807) is 0 Å². The number of carbonyl (C=O) groups is 1. The number of amides is 1. The maximum Gasteiger partial charge on any atom is 0.221 e. The molecule has 7 heteroatoms. The maximum atomic E-state index is 11.4. The number of piperidine rings is 1. The van der Waals surface area contributed by atoms with Crippen LogP contribution in [0.5, 0.6) is 0 Å². The van der Waals surface area contributed by atoms with Crippen LogP contribution in [-0.2, 0) is 9.53 Å². The summed E-state index contributed by atoms with van der Waals surface area (Å²) in [6.07, 6.45) is 6.62. The molecule has 3 unspecified atom stereocenters. The van der Waals surface area contributed by atoms with Crippen molar-refractivity contribution in [3.63, 3.8) is 0 Å². The average molecular weight is 396 g/mol. The van der Waals surface area contributed by atoms with Gasteiger partial charge in [0.25, 0.3) is 0 Å². The first-order valence-corrected chi connectivity index (χ1v) is 11.1. The Morgan fingerprint density at radius 1 is 1.32 bits per heavy atom. The Morgan fingerprint density at radius 2 is 2.07 bits per heavy atom. The molecule has 1 heterocycles. The molecule has 2 aliphatic rings. The summed E-state index contributed by atoms with van der Waals surface area (Å²) in [5.74, 6) is 0.734. The second kappa shape index (κ2) is 11.0. The van der Waals surface area contributed by atoms with E-state index in [9.17, 15) is 4.79 Å². The van der Waals surface area contributed by atoms with Crippen molar-refractivity contribution < 1.29 is 9.53 Å². The van der Waals surface area contributed by atoms with Crippen LogP contribution in [0.1, 0.15) is 59.3 Å². The van der Waals surface area contributed by atoms with E-state index in [2.05, 4.69) is 41.3 Å². The van der Waals surface area contributed by atoms with Crippen LogP contribution in [0.4, 0.5) is 0 Å². The first-order chi connectivity index (χ1) is 13.5. The SMILES string of the molecule is CCOC1CC(NC(=NC)NCCCN2CCCC(C(N)=O)C2)C1(CC)CC. The second-order valence-corrected chi connectivity index (χ2v) is 8.21. The molecule has 0 aromatic carbocycles. The molecule has 1 amide bonds. The standard InChI is InChI=1S/C21H41N5O2/c1-5-21(6-2)17(14-18(21)28-7-3)25-20(23-4)24-11-9-13-26-12-8-10-16(15-26)19(22)27/h16-18H,5-15H2,1-4H3,(H2,22,27)(H2,23,24,25). The molecule has 1 aliphatic carbocycles. The Hall–Kier alpha value is -1.34. The Balaban J connectivity index is 1.74. The van der Waals surface area contributed by atoms with Crippen molar-refractivity contribution in [2.75, 3.05) is 39.8 Å². The minimum absolute atomic E-state index is 0.0178. The third-order valence-corrected chi connectivity index (χ3v) is 6.86. The molecule has 1 aliphatic heterocycles. The van der Waals surface area contributed by atoms with Gasteiger partial charge in [-0.3, -0.25) is 9.79 Å². The van der Waals surface area contributed by atoms with E-state index >= 15 is 0 Å². The van der Waals surface area contributed by atoms with E-state index in [1.165, 1.54) is 0 Å². The van der Waals surface area contributed by atoms with E-state index in [-0.39, 0.29) is 17.2 Å². The Labute approximate surface area is 170 Å². The number of nitrogens with one attached hydrogen (secondary N) is 2. The number of nitrogens with zero attached hydrogens (tertiary/aromatic N) is 2. The van der Waals surface area contributed by atoms with Crippen LogP contribution in [-0.4, -0.2) is 68.7 Å². The molecule has 0 aromatic rings. The number of nitrogens with two attached hydrogens (primary N) is 1. The molecule has 0 aromatic heterocycles. The summed E-state index contributed by atoms with van der Waals surface area (Å²) in [6, 6.07) is 0.406. The number of rotatable bonds is 10. The molecule has 2 fully saturated rings. The number of hydrogen-bond acceptors (Lipinski definition) is 4. The normalized spacial score (nSPS) is 27.9. The van der Waals surface area contributed by atoms with Gasteiger partial charge in [0.2, 0.25) is 5.91 Å². The molecule has 0 spiro atoms. The summed E-state index contributed by atoms with van der Waals surface area (Å²) in [7, 11) is 1.83. The van der Waals surface area contributed by atoms with Crippen molar-refractivity contribution in [3.05, 3.63) is 0 Å². The van der Waals surface area contributed by atoms with Crippen LogP contribution in [0, 0.1) is 11.3 Å². The average Bonchev–Trinajstić information content (AvgIpc) is 2.70. The summed E-state index contributed by atoms with van der Waals surface area (Å²) in [5.41, 5.74) is 5.67. The van der Waals surface area contributed by atoms with Gasteiger partial charge >= 0.3 is 0 Å². The molecule has 1 saturated heterocycles. The van der Waals surface area contributed by atoms with Crippen molar-refractivity contribution in [2.45, 2.75) is 71.4 Å². The van der Waals surface area contributed by atoms with Crippen molar-refractivity contribution in [2.24, 2.45) is 22.1 Å². The van der Waals surface area contributed by atoms with Gasteiger partial charge in [-0.1, -0.05) is 13.8 Å². The van der Waals surface area contributed by atoms with E-state index in [4.69, 9.17) is 10.5 Å². The van der Waals surface area contributed by atoms with Crippen molar-refractivity contribution in [3.8, 4) is 0 Å². The lowest BCUT2D eigenvalue weighted by atomic mass is 9.58. The topological polar surface area (TPSA) is 92.0 Å². The van der Waals surface area contributed by atoms with Crippen molar-refractivity contribution in [1.29, 1.82) is 0 Å². The van der Waals surface area contributed by atoms with E-state index in [0.717, 1.165) is 77.3 Å². The van der Waals surface area contributed by atoms with Gasteiger partial charge in [-0.15, -0.1) is 0 Å². The number of likely N-dealkylation sites (tertiary alicyclic amines) is 1. The number of guanidine groups is 1. The number of primary amides is 1. The van der Waals surface area contributed by atoms with Crippen LogP contribution in [0.25, 0.3) is 0 Å². The molecule has 0 radical (unpaired) electrons. The smallest absolute Gasteiger partial charge is 0.221 e. The van der Waals surface area contributed by atoms with Crippen molar-refractivity contribution >= 4 is 11.9 Å². The zero-order valence-electron chi connectivity index (χ0n) is 18.3. The number of hydrogen-bond donors (Lipinski definition) is 3. The van der Waals surface area contributed by atoms with Crippen LogP contribution in [0.2, 0.25) is 0 Å². The van der Waals surface area contributed by atoms with Crippen molar-refractivity contribution in [1.82, 2.24) is 15.5 Å². The van der Waals surface area contributed by atoms with Gasteiger partial charge in [0.15, 0.2) is 5.96 Å². The molecule has 3 atom stereocenters. The largest absolute Gasteiger partial charge is 0.378 e. The van der Waals surface area contributed by atoms with Gasteiger partial charge in [-0.25, -0.2) is 0 Å². The van der Waals surface area contributed by atoms with E-state index in [1.807, 2.05) is 7.05 Å². The predicted molar refractivity (Wildman–Crippen MR) is 114 cm³/mol. The summed E-state index contributed by atoms with van der Waals surface area (Å²) < 4.78 is 5.97. The summed E-state index contributed by atoms with van der Waals surface area (Å²) in [6.45, 7) is 11.1. The predicted octanol–water partition coefficient (Wildman–Crippen LogP) is 1.72. The molecule has 1 saturated carbocycles. The minimum Gasteiger partial charge on any atom is -0.378 e. The van der Waals surface area contributed by atoms with E-state index < -0.39 is 0 Å². The lowest BCUT2D eigenvalue weighted by Gasteiger charge is -2.55. The highest BCUT2D eigenvalue weighted by molar-refractivity contribution is 5.80. The highest BCUT2D eigenvalue weighted by atomic mass is 16.5. The molecule has 4 N–H and O–H groups in total. The van der Waals surface area contributed by atoms with Gasteiger partial charge in [0, 0.05) is 38.2 Å². The lowest BCUT2D eigenvalue weighted by Crippen LogP contribution is -2.65. The fourth-order valence-corrected chi connectivity index (χ4v) is 4.94. The van der Waals surface area contributed by atoms with Crippen LogP contribution in [0.3, 0.4) is 0 Å². The number of ether oxygens (including phenoxy) is 1. The van der Waals surface area contributed by atoms with Crippen LogP contribution < -0.4 is 16.4 Å². The molecular weight excluding hydrogens is 354 g/mol. The first-order valence-electron chi connectivity index (χ1n) is 11.1. The monoisotopic (exact) mass is 395 g/mol. The lowest BCUT2D eigenvalue weighted by molar-refractivity contribution is -0.133. The van der Waals surface area contributed by atoms with Crippen LogP contribution >= 0.6 is 0 Å². The molecular formula is C21H41N5O2. The van der Waals surface area contributed by atoms with Gasteiger partial charge < -0.3 is 26.0 Å². The Bertz CT molecular complexity index is 521. The fourth-order valence-electron chi connectivity index (χ4n) is 4.94. The zero-order chi connectivity index (χ0) is 20.6. The zero-order valence-corrected chi connectivity index (χ0v) is 18.3. The summed E-state index contributed by atoms with van der Waals surface area (Å²) in [5, 5.41) is 7.08. The Morgan fingerprint density at radius 3 is 2.68 bits per heavy atom. The first kappa shape index (κ1) is 22.9. The third kappa shape index (κ3) is 5.38. The molecule has 7 nitrogen and oxygen atoms in total. The van der Waals surface area contributed by atoms with Gasteiger partial charge in [0.1, 0.15) is 0 Å². The molecule has 162 valence electrons.